The number of amidine groups is 1. The van der Waals surface area contributed by atoms with Gasteiger partial charge in [-0.15, -0.1) is 11.8 Å². The number of imidazole rings is 1. The van der Waals surface area contributed by atoms with Crippen molar-refractivity contribution in [3.05, 3.63) is 16.7 Å². The van der Waals surface area contributed by atoms with Crippen molar-refractivity contribution in [3.8, 4) is 0 Å². The predicted molar refractivity (Wildman–Crippen MR) is 154 cm³/mol. The Morgan fingerprint density at radius 1 is 1.37 bits per heavy atom. The van der Waals surface area contributed by atoms with Crippen LogP contribution in [0.3, 0.4) is 0 Å². The quantitative estimate of drug-likeness (QED) is 0.161. The number of anilines is 1. The summed E-state index contributed by atoms with van der Waals surface area (Å²) in [6.07, 6.45) is -2.52. The topological polar surface area (TPSA) is 254 Å². The van der Waals surface area contributed by atoms with E-state index in [2.05, 4.69) is 29.9 Å². The molecule has 3 saturated heterocycles. The van der Waals surface area contributed by atoms with E-state index in [9.17, 15) is 19.9 Å². The van der Waals surface area contributed by atoms with E-state index in [1.165, 1.54) is 23.6 Å². The van der Waals surface area contributed by atoms with Crippen LogP contribution in [0, 0.1) is 0 Å². The van der Waals surface area contributed by atoms with Crippen LogP contribution >= 0.6 is 18.5 Å². The third kappa shape index (κ3) is 4.69. The van der Waals surface area contributed by atoms with E-state index >= 15 is 4.39 Å². The van der Waals surface area contributed by atoms with Crippen molar-refractivity contribution < 1.29 is 38.0 Å². The maximum Gasteiger partial charge on any atom is 0.325 e. The first-order valence-electron chi connectivity index (χ1n) is 12.9. The summed E-state index contributed by atoms with van der Waals surface area (Å²) in [7, 11) is 0. The number of fused-ring (bicyclic) bond motifs is 4. The molecule has 5 aliphatic heterocycles. The average molecular weight is 661 g/mol. The molecule has 22 heteroatoms. The van der Waals surface area contributed by atoms with E-state index in [0.717, 1.165) is 11.8 Å². The zero-order valence-electron chi connectivity index (χ0n) is 21.9. The minimum Gasteiger partial charge on any atom is -0.395 e. The molecule has 2 bridgehead atoms. The second-order valence-corrected chi connectivity index (χ2v) is 14.6. The molecule has 0 aromatic carbocycles. The standard InChI is InChI=1S/C21H26FN10O8PS2/c22-8-7(1-33)43-19(32-6-28-10-16(32)29-20(24)30-17(10)35)11(8)40-41(36,42)38-3-21-2-37-12(13(21)34)18(39-21)31-5-27-9-14(23)25-4-26-15(9)31/h4-9,11-13,15,18-19,33-34H,1-3H2,(H,36,42)(H2,23,25,26)(H3,24,29,30,35)/t7-,8+,9?,11-,12-,13+,15?,18-,19-,21-,41?/m1/s1. The SMILES string of the molecule is NC1=NC=NC2C1N=CN2[C@@H]1O[C@@]2(COP(O)(=S)O[C@@H]3[C@@H](F)[C@@H](CO)S[C@H]3n3cnc4c(=O)[nH]c(N)nc43)CO[C@@H]1[C@@H]2O. The molecule has 2 aromatic rings. The molecule has 0 radical (unpaired) electrons. The molecule has 2 aromatic heterocycles. The summed E-state index contributed by atoms with van der Waals surface area (Å²) in [6, 6.07) is -0.514. The molecule has 7 heterocycles. The van der Waals surface area contributed by atoms with Gasteiger partial charge in [0.05, 0.1) is 37.7 Å². The summed E-state index contributed by atoms with van der Waals surface area (Å²) >= 11 is 6.23. The first-order valence-corrected chi connectivity index (χ1v) is 16.5. The molecule has 0 amide bonds. The van der Waals surface area contributed by atoms with E-state index in [1.807, 2.05) is 0 Å². The molecule has 5 aliphatic rings. The summed E-state index contributed by atoms with van der Waals surface area (Å²) < 4.78 is 40.3. The number of nitrogens with zero attached hydrogens (tertiary/aromatic N) is 7. The molecule has 7 rings (SSSR count). The van der Waals surface area contributed by atoms with E-state index in [4.69, 9.17) is 41.8 Å². The van der Waals surface area contributed by atoms with Crippen LogP contribution in [0.1, 0.15) is 5.37 Å². The van der Waals surface area contributed by atoms with Gasteiger partial charge >= 0.3 is 6.72 Å². The highest BCUT2D eigenvalue weighted by Crippen LogP contribution is 2.55. The van der Waals surface area contributed by atoms with Crippen LogP contribution in [-0.4, -0.2) is 132 Å². The summed E-state index contributed by atoms with van der Waals surface area (Å²) in [5.74, 6) is 0.102. The van der Waals surface area contributed by atoms with Crippen molar-refractivity contribution >= 4 is 65.9 Å². The highest BCUT2D eigenvalue weighted by molar-refractivity contribution is 8.07. The molecule has 3 unspecified atom stereocenters. The van der Waals surface area contributed by atoms with Gasteiger partial charge in [0.25, 0.3) is 5.56 Å². The van der Waals surface area contributed by atoms with E-state index < -0.39 is 84.6 Å². The predicted octanol–water partition coefficient (Wildman–Crippen LogP) is -2.44. The fourth-order valence-electron chi connectivity index (χ4n) is 5.74. The Bertz CT molecular complexity index is 1640. The normalized spacial score (nSPS) is 39.5. The number of thioether (sulfide) groups is 1. The minimum absolute atomic E-state index is 0.0452. The largest absolute Gasteiger partial charge is 0.395 e. The molecular weight excluding hydrogens is 634 g/mol. The number of hydrogen-bond donors (Lipinski definition) is 6. The van der Waals surface area contributed by atoms with Crippen molar-refractivity contribution in [1.29, 1.82) is 0 Å². The Hall–Kier alpha value is -2.59. The lowest BCUT2D eigenvalue weighted by molar-refractivity contribution is -0.194. The highest BCUT2D eigenvalue weighted by atomic mass is 32.5. The fourth-order valence-corrected chi connectivity index (χ4v) is 8.66. The molecule has 8 N–H and O–H groups in total. The number of ether oxygens (including phenoxy) is 2. The van der Waals surface area contributed by atoms with Crippen molar-refractivity contribution in [1.82, 2.24) is 24.4 Å². The fraction of sp³-hybridized carbons (Fsp3) is 0.619. The van der Waals surface area contributed by atoms with Gasteiger partial charge in [-0.3, -0.25) is 23.9 Å². The number of aliphatic hydroxyl groups excluding tert-OH is 2. The van der Waals surface area contributed by atoms with E-state index in [-0.39, 0.29) is 29.6 Å². The van der Waals surface area contributed by atoms with Gasteiger partial charge in [-0.1, -0.05) is 0 Å². The lowest BCUT2D eigenvalue weighted by Crippen LogP contribution is -2.53. The average Bonchev–Trinajstić information content (AvgIpc) is 3.77. The van der Waals surface area contributed by atoms with Crippen LogP contribution in [0.25, 0.3) is 11.2 Å². The Labute approximate surface area is 250 Å². The third-order valence-electron chi connectivity index (χ3n) is 7.87. The van der Waals surface area contributed by atoms with E-state index in [0.29, 0.717) is 0 Å². The van der Waals surface area contributed by atoms with Crippen molar-refractivity contribution in [3.63, 3.8) is 0 Å². The Balaban J connectivity index is 1.08. The second kappa shape index (κ2) is 10.5. The van der Waals surface area contributed by atoms with Gasteiger partial charge < -0.3 is 45.5 Å². The summed E-state index contributed by atoms with van der Waals surface area (Å²) in [6.45, 7) is -5.30. The summed E-state index contributed by atoms with van der Waals surface area (Å²) in [5, 5.41) is 18.9. The lowest BCUT2D eigenvalue weighted by atomic mass is 10.0. The Kier molecular flexibility index (Phi) is 7.12. The molecule has 0 spiro atoms. The maximum absolute atomic E-state index is 15.5. The molecule has 11 atom stereocenters. The summed E-state index contributed by atoms with van der Waals surface area (Å²) in [5.41, 5.74) is 9.60. The van der Waals surface area contributed by atoms with Crippen molar-refractivity contribution in [2.45, 2.75) is 59.1 Å². The number of aromatic nitrogens is 4. The van der Waals surface area contributed by atoms with Crippen LogP contribution in [0.5, 0.6) is 0 Å². The monoisotopic (exact) mass is 660 g/mol. The number of aromatic amines is 1. The van der Waals surface area contributed by atoms with Crippen molar-refractivity contribution in [2.75, 3.05) is 25.6 Å². The van der Waals surface area contributed by atoms with Gasteiger partial charge in [-0.2, -0.15) is 4.98 Å². The second-order valence-electron chi connectivity index (χ2n) is 10.5. The number of aliphatic imine (C=N–C) groups is 3. The maximum atomic E-state index is 15.5. The van der Waals surface area contributed by atoms with Crippen LogP contribution in [0.4, 0.5) is 10.3 Å². The number of nitrogens with two attached hydrogens (primary N) is 2. The molecule has 18 nitrogen and oxygen atoms in total. The summed E-state index contributed by atoms with van der Waals surface area (Å²) in [4.78, 5) is 48.1. The van der Waals surface area contributed by atoms with Crippen LogP contribution < -0.4 is 17.0 Å². The van der Waals surface area contributed by atoms with Crippen LogP contribution in [0.2, 0.25) is 0 Å². The molecule has 0 aliphatic carbocycles. The zero-order valence-corrected chi connectivity index (χ0v) is 24.4. The Morgan fingerprint density at radius 3 is 2.98 bits per heavy atom. The minimum atomic E-state index is -4.22. The zero-order chi connectivity index (χ0) is 30.3. The van der Waals surface area contributed by atoms with Gasteiger partial charge in [0.1, 0.15) is 53.7 Å². The van der Waals surface area contributed by atoms with E-state index in [1.54, 1.807) is 4.90 Å². The first-order chi connectivity index (χ1) is 20.5. The number of rotatable bonds is 8. The van der Waals surface area contributed by atoms with Crippen LogP contribution in [0.15, 0.2) is 26.1 Å². The number of nitrogen functional groups attached to an aromatic ring is 1. The molecular formula is C21H26FN10O8PS2. The molecule has 3 fully saturated rings. The molecule has 43 heavy (non-hydrogen) atoms. The molecule has 232 valence electrons. The van der Waals surface area contributed by atoms with Gasteiger partial charge in [0, 0.05) is 0 Å². The van der Waals surface area contributed by atoms with Crippen molar-refractivity contribution in [2.24, 2.45) is 20.7 Å². The first kappa shape index (κ1) is 29.1. The smallest absolute Gasteiger partial charge is 0.325 e. The van der Waals surface area contributed by atoms with Crippen LogP contribution in [-0.2, 0) is 30.3 Å². The number of halogens is 1. The van der Waals surface area contributed by atoms with Gasteiger partial charge in [0.15, 0.2) is 23.6 Å². The molecule has 0 saturated carbocycles. The number of aliphatic hydroxyl groups is 2. The van der Waals surface area contributed by atoms with Gasteiger partial charge in [-0.05, 0) is 11.8 Å². The number of alkyl halides is 1. The number of hydrogen-bond acceptors (Lipinski definition) is 17. The lowest BCUT2D eigenvalue weighted by Gasteiger charge is -2.37. The number of H-pyrrole nitrogens is 1. The third-order valence-corrected chi connectivity index (χ3v) is 10.9. The van der Waals surface area contributed by atoms with Gasteiger partial charge in [-0.25, -0.2) is 19.4 Å². The Morgan fingerprint density at radius 2 is 2.19 bits per heavy atom. The highest BCUT2D eigenvalue weighted by Gasteiger charge is 2.64. The number of nitrogens with one attached hydrogen (secondary N) is 1. The van der Waals surface area contributed by atoms with Gasteiger partial charge in [0.2, 0.25) is 5.95 Å².